The molecule has 1 aromatic carbocycles. The zero-order valence-corrected chi connectivity index (χ0v) is 28.3. The number of carbonyl (C=O) groups excluding carboxylic acids is 5. The molecule has 5 rings (SSSR count). The van der Waals surface area contributed by atoms with E-state index in [-0.39, 0.29) is 37.1 Å². The van der Waals surface area contributed by atoms with Crippen molar-refractivity contribution in [3.05, 3.63) is 40.7 Å². The molecule has 3 heterocycles. The molecule has 1 aliphatic carbocycles. The van der Waals surface area contributed by atoms with Crippen molar-refractivity contribution >= 4 is 46.9 Å². The van der Waals surface area contributed by atoms with Crippen molar-refractivity contribution in [1.82, 2.24) is 26.3 Å². The van der Waals surface area contributed by atoms with Crippen LogP contribution in [0.2, 0.25) is 5.02 Å². The lowest BCUT2D eigenvalue weighted by Gasteiger charge is -2.35. The number of ketones is 1. The number of hydrogen-bond acceptors (Lipinski definition) is 9. The van der Waals surface area contributed by atoms with E-state index in [9.17, 15) is 28.4 Å². The first-order chi connectivity index (χ1) is 22.7. The molecule has 262 valence electrons. The predicted molar refractivity (Wildman–Crippen MR) is 172 cm³/mol. The number of likely N-dealkylation sites (tertiary alicyclic amines) is 1. The summed E-state index contributed by atoms with van der Waals surface area (Å²) in [5.41, 5.74) is 1.49. The standard InChI is InChI=1S/C33H43ClFN5O8/c1-5-6-23(26(41)29(43)36-21-7-8-21)37-28(42)25-15-33(14-24(39-48-33)18-11-19(34)13-20(35)12-18)17-40(25)30(44)27(32(2,3)4)38-31(45)47-22-9-10-46-16-22/h11-14,21-23,25,27,39H,5-10,15-17H2,1-4H3,(H,36,43)(H,37,42)(H,38,45)/t22-,23-,25-,27+,33+/m0/s1. The number of carbonyl (C=O) groups is 5. The Morgan fingerprint density at radius 1 is 1.15 bits per heavy atom. The van der Waals surface area contributed by atoms with Crippen molar-refractivity contribution < 1.29 is 42.7 Å². The molecule has 0 unspecified atom stereocenters. The fraction of sp³-hybridized carbons (Fsp3) is 0.606. The Labute approximate surface area is 283 Å². The van der Waals surface area contributed by atoms with Gasteiger partial charge in [-0.15, -0.1) is 0 Å². The number of hydroxylamine groups is 1. The van der Waals surface area contributed by atoms with Gasteiger partial charge in [-0.05, 0) is 49.0 Å². The average Bonchev–Trinajstić information content (AvgIpc) is 3.37. The average molecular weight is 692 g/mol. The summed E-state index contributed by atoms with van der Waals surface area (Å²) in [7, 11) is 0. The number of amides is 4. The van der Waals surface area contributed by atoms with Crippen molar-refractivity contribution in [2.75, 3.05) is 19.8 Å². The van der Waals surface area contributed by atoms with Crippen molar-refractivity contribution in [3.63, 3.8) is 0 Å². The van der Waals surface area contributed by atoms with Gasteiger partial charge < -0.3 is 30.3 Å². The number of Topliss-reactive ketones (excluding diaryl/α,β-unsaturated/α-hetero) is 1. The van der Waals surface area contributed by atoms with Crippen LogP contribution in [-0.2, 0) is 33.5 Å². The molecule has 3 aliphatic heterocycles. The zero-order chi connectivity index (χ0) is 34.8. The summed E-state index contributed by atoms with van der Waals surface area (Å²) in [5, 5.41) is 8.24. The minimum Gasteiger partial charge on any atom is -0.444 e. The van der Waals surface area contributed by atoms with Gasteiger partial charge in [0, 0.05) is 29.5 Å². The third-order valence-electron chi connectivity index (χ3n) is 8.77. The predicted octanol–water partition coefficient (Wildman–Crippen LogP) is 2.76. The number of hydrogen-bond donors (Lipinski definition) is 4. The number of benzene rings is 1. The van der Waals surface area contributed by atoms with Crippen molar-refractivity contribution in [3.8, 4) is 0 Å². The minimum absolute atomic E-state index is 0.0436. The summed E-state index contributed by atoms with van der Waals surface area (Å²) in [5.74, 6) is -3.33. The van der Waals surface area contributed by atoms with Gasteiger partial charge in [0.05, 0.1) is 31.5 Å². The second-order valence-corrected chi connectivity index (χ2v) is 14.4. The quantitative estimate of drug-likeness (QED) is 0.256. The SMILES string of the molecule is CCC[C@H](NC(=O)[C@@H]1C[C@]2(C=C(c3cc(F)cc(Cl)c3)NO2)CN1C(=O)[C@@H](NC(=O)O[C@H]1CCOC1)C(C)(C)C)C(=O)C(=O)NC1CC1. The highest BCUT2D eigenvalue weighted by atomic mass is 35.5. The van der Waals surface area contributed by atoms with Crippen molar-refractivity contribution in [2.45, 2.75) is 102 Å². The van der Waals surface area contributed by atoms with Crippen LogP contribution in [0.1, 0.15) is 71.8 Å². The largest absolute Gasteiger partial charge is 0.444 e. The fourth-order valence-corrected chi connectivity index (χ4v) is 6.29. The number of nitrogens with one attached hydrogen (secondary N) is 4. The molecular weight excluding hydrogens is 649 g/mol. The molecule has 15 heteroatoms. The molecule has 1 spiro atoms. The maximum absolute atomic E-state index is 14.4. The molecule has 4 amide bonds. The maximum atomic E-state index is 14.4. The van der Waals surface area contributed by atoms with Crippen molar-refractivity contribution in [2.24, 2.45) is 5.41 Å². The summed E-state index contributed by atoms with van der Waals surface area (Å²) in [6.07, 6.45) is 3.20. The molecule has 48 heavy (non-hydrogen) atoms. The molecular formula is C33H43ClFN5O8. The van der Waals surface area contributed by atoms with Gasteiger partial charge in [0.25, 0.3) is 5.91 Å². The molecule has 0 radical (unpaired) electrons. The summed E-state index contributed by atoms with van der Waals surface area (Å²) in [4.78, 5) is 74.4. The second kappa shape index (κ2) is 14.4. The summed E-state index contributed by atoms with van der Waals surface area (Å²) < 4.78 is 25.0. The Hall–Kier alpha value is -3.75. The lowest BCUT2D eigenvalue weighted by Crippen LogP contribution is -2.59. The van der Waals surface area contributed by atoms with Gasteiger partial charge in [0.15, 0.2) is 0 Å². The van der Waals surface area contributed by atoms with E-state index in [1.807, 2.05) is 6.92 Å². The highest BCUT2D eigenvalue weighted by molar-refractivity contribution is 6.38. The zero-order valence-electron chi connectivity index (χ0n) is 27.5. The van der Waals surface area contributed by atoms with E-state index in [1.165, 1.54) is 11.0 Å². The molecule has 4 aliphatic rings. The Bertz CT molecular complexity index is 1450. The summed E-state index contributed by atoms with van der Waals surface area (Å²) >= 11 is 6.09. The third-order valence-corrected chi connectivity index (χ3v) is 8.99. The third kappa shape index (κ3) is 8.45. The lowest BCUT2D eigenvalue weighted by atomic mass is 9.85. The molecule has 0 aromatic heterocycles. The second-order valence-electron chi connectivity index (χ2n) is 14.0. The van der Waals surface area contributed by atoms with Crippen LogP contribution >= 0.6 is 11.6 Å². The molecule has 3 fully saturated rings. The smallest absolute Gasteiger partial charge is 0.408 e. The molecule has 1 saturated carbocycles. The van der Waals surface area contributed by atoms with E-state index in [0.717, 1.165) is 18.9 Å². The first-order valence-electron chi connectivity index (χ1n) is 16.3. The first kappa shape index (κ1) is 35.6. The van der Waals surface area contributed by atoms with Gasteiger partial charge >= 0.3 is 6.09 Å². The molecule has 13 nitrogen and oxygen atoms in total. The van der Waals surface area contributed by atoms with Gasteiger partial charge in [0.1, 0.15) is 29.6 Å². The molecule has 4 N–H and O–H groups in total. The number of halogens is 2. The number of nitrogens with zero attached hydrogens (tertiary/aromatic N) is 1. The lowest BCUT2D eigenvalue weighted by molar-refractivity contribution is -0.144. The van der Waals surface area contributed by atoms with Crippen LogP contribution in [0.3, 0.4) is 0 Å². The monoisotopic (exact) mass is 691 g/mol. The Morgan fingerprint density at radius 3 is 2.52 bits per heavy atom. The first-order valence-corrected chi connectivity index (χ1v) is 16.7. The number of ether oxygens (including phenoxy) is 2. The van der Waals surface area contributed by atoms with E-state index in [2.05, 4.69) is 21.4 Å². The van der Waals surface area contributed by atoms with Gasteiger partial charge in [0.2, 0.25) is 17.6 Å². The van der Waals surface area contributed by atoms with Crippen LogP contribution in [-0.4, -0.2) is 90.1 Å². The van der Waals surface area contributed by atoms with Gasteiger partial charge in [-0.3, -0.25) is 29.5 Å². The summed E-state index contributed by atoms with van der Waals surface area (Å²) in [6.45, 7) is 7.71. The van der Waals surface area contributed by atoms with E-state index in [0.29, 0.717) is 30.7 Å². The van der Waals surface area contributed by atoms with Crippen molar-refractivity contribution in [1.29, 1.82) is 0 Å². The van der Waals surface area contributed by atoms with Crippen LogP contribution in [0.5, 0.6) is 0 Å². The fourth-order valence-electron chi connectivity index (χ4n) is 6.07. The normalized spacial score (nSPS) is 24.8. The Morgan fingerprint density at radius 2 is 1.90 bits per heavy atom. The van der Waals surface area contributed by atoms with Crippen LogP contribution in [0.4, 0.5) is 9.18 Å². The van der Waals surface area contributed by atoms with E-state index >= 15 is 0 Å². The van der Waals surface area contributed by atoms with E-state index in [1.54, 1.807) is 32.9 Å². The van der Waals surface area contributed by atoms with Gasteiger partial charge in [-0.25, -0.2) is 9.18 Å². The molecule has 0 bridgehead atoms. The minimum atomic E-state index is -1.25. The number of alkyl carbamates (subject to hydrolysis) is 1. The highest BCUT2D eigenvalue weighted by Crippen LogP contribution is 2.39. The van der Waals surface area contributed by atoms with Gasteiger partial charge in [-0.1, -0.05) is 45.7 Å². The van der Waals surface area contributed by atoms with Crippen LogP contribution in [0, 0.1) is 11.2 Å². The van der Waals surface area contributed by atoms with E-state index in [4.69, 9.17) is 25.9 Å². The summed E-state index contributed by atoms with van der Waals surface area (Å²) in [6, 6.07) is 0.518. The van der Waals surface area contributed by atoms with Crippen LogP contribution in [0.15, 0.2) is 24.3 Å². The maximum Gasteiger partial charge on any atom is 0.408 e. The Balaban J connectivity index is 1.42. The van der Waals surface area contributed by atoms with Crippen LogP contribution in [0.25, 0.3) is 5.70 Å². The molecule has 1 aromatic rings. The topological polar surface area (TPSA) is 164 Å². The highest BCUT2D eigenvalue weighted by Gasteiger charge is 2.54. The van der Waals surface area contributed by atoms with Crippen LogP contribution < -0.4 is 21.4 Å². The number of rotatable bonds is 11. The molecule has 2 saturated heterocycles. The van der Waals surface area contributed by atoms with E-state index < -0.39 is 70.7 Å². The Kier molecular flexibility index (Phi) is 10.7. The molecule has 5 atom stereocenters. The van der Waals surface area contributed by atoms with Gasteiger partial charge in [-0.2, -0.15) is 0 Å².